The van der Waals surface area contributed by atoms with Crippen molar-refractivity contribution < 1.29 is 0 Å². The van der Waals surface area contributed by atoms with E-state index in [1.807, 2.05) is 17.9 Å². The first kappa shape index (κ1) is 15.5. The molecule has 0 bridgehead atoms. The van der Waals surface area contributed by atoms with Gasteiger partial charge in [-0.3, -0.25) is 15.4 Å². The topological polar surface area (TPSA) is 59.1 Å². The first-order valence-corrected chi connectivity index (χ1v) is 7.68. The molecule has 1 aliphatic heterocycles. The van der Waals surface area contributed by atoms with Crippen LogP contribution in [0.3, 0.4) is 0 Å². The van der Waals surface area contributed by atoms with E-state index in [9.17, 15) is 0 Å². The van der Waals surface area contributed by atoms with Crippen molar-refractivity contribution >= 4 is 0 Å². The second kappa shape index (κ2) is 6.24. The summed E-state index contributed by atoms with van der Waals surface area (Å²) in [7, 11) is 1.99. The summed E-state index contributed by atoms with van der Waals surface area (Å²) in [4.78, 5) is 2.58. The van der Waals surface area contributed by atoms with Gasteiger partial charge < -0.3 is 0 Å². The minimum atomic E-state index is -0.0301. The predicted molar refractivity (Wildman–Crippen MR) is 82.1 cm³/mol. The van der Waals surface area contributed by atoms with E-state index in [0.717, 1.165) is 13.1 Å². The molecule has 1 unspecified atom stereocenters. The Morgan fingerprint density at radius 3 is 2.30 bits per heavy atom. The molecule has 0 saturated carbocycles. The van der Waals surface area contributed by atoms with Crippen molar-refractivity contribution in [2.75, 3.05) is 13.1 Å². The van der Waals surface area contributed by atoms with E-state index in [4.69, 9.17) is 5.84 Å². The molecule has 1 aromatic rings. The summed E-state index contributed by atoms with van der Waals surface area (Å²) in [6.45, 7) is 8.99. The van der Waals surface area contributed by atoms with Crippen molar-refractivity contribution in [3.63, 3.8) is 0 Å². The maximum absolute atomic E-state index is 5.92. The van der Waals surface area contributed by atoms with Crippen LogP contribution in [-0.2, 0) is 7.05 Å². The van der Waals surface area contributed by atoms with Gasteiger partial charge in [0.2, 0.25) is 0 Å². The highest BCUT2D eigenvalue weighted by molar-refractivity contribution is 5.23. The fourth-order valence-electron chi connectivity index (χ4n) is 3.42. The minimum absolute atomic E-state index is 0.0301. The molecule has 2 rings (SSSR count). The van der Waals surface area contributed by atoms with Crippen molar-refractivity contribution in [2.24, 2.45) is 12.9 Å². The summed E-state index contributed by atoms with van der Waals surface area (Å²) in [5.41, 5.74) is 5.39. The van der Waals surface area contributed by atoms with Crippen LogP contribution in [0.5, 0.6) is 0 Å². The average molecular weight is 279 g/mol. The quantitative estimate of drug-likeness (QED) is 0.653. The second-order valence-electron chi connectivity index (χ2n) is 6.49. The highest BCUT2D eigenvalue weighted by Gasteiger charge is 2.38. The van der Waals surface area contributed by atoms with Crippen molar-refractivity contribution in [3.8, 4) is 0 Å². The Hall–Kier alpha value is -0.910. The molecule has 0 amide bonds. The lowest BCUT2D eigenvalue weighted by molar-refractivity contribution is 0.0801. The molecule has 5 nitrogen and oxygen atoms in total. The van der Waals surface area contributed by atoms with Crippen LogP contribution in [0.2, 0.25) is 0 Å². The van der Waals surface area contributed by atoms with Crippen LogP contribution in [0.15, 0.2) is 6.20 Å². The predicted octanol–water partition coefficient (Wildman–Crippen LogP) is 1.89. The Balaban J connectivity index is 2.28. The first-order valence-electron chi connectivity index (χ1n) is 7.68. The van der Waals surface area contributed by atoms with Gasteiger partial charge in [-0.25, -0.2) is 5.43 Å². The monoisotopic (exact) mass is 279 g/mol. The zero-order chi connectivity index (χ0) is 14.8. The Morgan fingerprint density at radius 1 is 1.25 bits per heavy atom. The van der Waals surface area contributed by atoms with E-state index < -0.39 is 0 Å². The molecular formula is C15H29N5. The van der Waals surface area contributed by atoms with Gasteiger partial charge in [-0.05, 0) is 52.3 Å². The molecule has 1 atom stereocenters. The number of likely N-dealkylation sites (tertiary alicyclic amines) is 1. The van der Waals surface area contributed by atoms with Gasteiger partial charge in [0.1, 0.15) is 0 Å². The molecule has 0 radical (unpaired) electrons. The second-order valence-corrected chi connectivity index (χ2v) is 6.49. The summed E-state index contributed by atoms with van der Waals surface area (Å²) >= 11 is 0. The van der Waals surface area contributed by atoms with Crippen LogP contribution in [0.4, 0.5) is 0 Å². The summed E-state index contributed by atoms with van der Waals surface area (Å²) < 4.78 is 1.94. The van der Waals surface area contributed by atoms with Crippen LogP contribution >= 0.6 is 0 Å². The molecule has 114 valence electrons. The van der Waals surface area contributed by atoms with Crippen molar-refractivity contribution in [1.29, 1.82) is 0 Å². The number of nitrogens with two attached hydrogens (primary N) is 1. The smallest absolute Gasteiger partial charge is 0.0809 e. The van der Waals surface area contributed by atoms with E-state index in [1.165, 1.54) is 36.9 Å². The number of hydrazine groups is 1. The Kier molecular flexibility index (Phi) is 4.83. The van der Waals surface area contributed by atoms with Gasteiger partial charge in [0.25, 0.3) is 0 Å². The molecule has 1 aromatic heterocycles. The van der Waals surface area contributed by atoms with Crippen LogP contribution in [0.1, 0.15) is 56.8 Å². The van der Waals surface area contributed by atoms with Crippen molar-refractivity contribution in [2.45, 2.75) is 58.0 Å². The molecule has 0 aliphatic carbocycles. The number of hydrogen-bond donors (Lipinski definition) is 2. The fraction of sp³-hybridized carbons (Fsp3) is 0.800. The lowest BCUT2D eigenvalue weighted by atomic mass is 9.88. The van der Waals surface area contributed by atoms with Gasteiger partial charge in [-0.1, -0.05) is 12.8 Å². The minimum Gasteiger partial charge on any atom is -0.296 e. The van der Waals surface area contributed by atoms with E-state index in [-0.39, 0.29) is 11.6 Å². The summed E-state index contributed by atoms with van der Waals surface area (Å²) in [6, 6.07) is 0.0769. The van der Waals surface area contributed by atoms with Crippen LogP contribution in [-0.4, -0.2) is 33.3 Å². The normalized spacial score (nSPS) is 19.9. The molecule has 1 saturated heterocycles. The highest BCUT2D eigenvalue weighted by Crippen LogP contribution is 2.33. The zero-order valence-corrected chi connectivity index (χ0v) is 13.3. The van der Waals surface area contributed by atoms with Crippen LogP contribution in [0, 0.1) is 6.92 Å². The number of rotatable bonds is 4. The van der Waals surface area contributed by atoms with E-state index in [1.54, 1.807) is 0 Å². The lowest BCUT2D eigenvalue weighted by Crippen LogP contribution is -2.55. The van der Waals surface area contributed by atoms with Crippen LogP contribution in [0.25, 0.3) is 0 Å². The standard InChI is InChI=1S/C15H29N5/c1-12-11-17-19(4)13(12)14(18-16)15(2,3)20-9-7-5-6-8-10-20/h11,14,18H,5-10,16H2,1-4H3. The van der Waals surface area contributed by atoms with Crippen molar-refractivity contribution in [1.82, 2.24) is 20.1 Å². The highest BCUT2D eigenvalue weighted by atomic mass is 15.3. The molecule has 0 spiro atoms. The SMILES string of the molecule is Cc1cnn(C)c1C(NN)C(C)(C)N1CCCCCC1. The lowest BCUT2D eigenvalue weighted by Gasteiger charge is -2.43. The Labute approximate surface area is 122 Å². The molecule has 1 fully saturated rings. The van der Waals surface area contributed by atoms with E-state index in [2.05, 4.69) is 36.2 Å². The number of hydrogen-bond acceptors (Lipinski definition) is 4. The molecule has 3 N–H and O–H groups in total. The summed E-state index contributed by atoms with van der Waals surface area (Å²) in [5.74, 6) is 5.92. The third-order valence-corrected chi connectivity index (χ3v) is 4.74. The van der Waals surface area contributed by atoms with E-state index >= 15 is 0 Å². The third-order valence-electron chi connectivity index (χ3n) is 4.74. The number of aryl methyl sites for hydroxylation is 2. The average Bonchev–Trinajstić information content (AvgIpc) is 2.64. The molecular weight excluding hydrogens is 250 g/mol. The summed E-state index contributed by atoms with van der Waals surface area (Å²) in [6.07, 6.45) is 7.17. The fourth-order valence-corrected chi connectivity index (χ4v) is 3.42. The van der Waals surface area contributed by atoms with Gasteiger partial charge in [0.05, 0.1) is 17.9 Å². The molecule has 0 aromatic carbocycles. The number of nitrogens with one attached hydrogen (secondary N) is 1. The van der Waals surface area contributed by atoms with Gasteiger partial charge in [0, 0.05) is 12.6 Å². The van der Waals surface area contributed by atoms with Crippen LogP contribution < -0.4 is 11.3 Å². The zero-order valence-electron chi connectivity index (χ0n) is 13.3. The summed E-state index contributed by atoms with van der Waals surface area (Å²) in [5, 5.41) is 4.36. The first-order chi connectivity index (χ1) is 9.48. The van der Waals surface area contributed by atoms with Crippen molar-refractivity contribution in [3.05, 3.63) is 17.5 Å². The molecule has 2 heterocycles. The Morgan fingerprint density at radius 2 is 1.85 bits per heavy atom. The van der Waals surface area contributed by atoms with E-state index in [0.29, 0.717) is 0 Å². The van der Waals surface area contributed by atoms with Gasteiger partial charge in [-0.15, -0.1) is 0 Å². The molecule has 1 aliphatic rings. The molecule has 20 heavy (non-hydrogen) atoms. The molecule has 5 heteroatoms. The largest absolute Gasteiger partial charge is 0.296 e. The third kappa shape index (κ3) is 2.90. The Bertz CT molecular complexity index is 410. The van der Waals surface area contributed by atoms with Gasteiger partial charge in [0.15, 0.2) is 0 Å². The van der Waals surface area contributed by atoms with Gasteiger partial charge in [-0.2, -0.15) is 5.10 Å². The maximum atomic E-state index is 5.92. The van der Waals surface area contributed by atoms with Gasteiger partial charge >= 0.3 is 0 Å². The number of nitrogens with zero attached hydrogens (tertiary/aromatic N) is 3. The number of aromatic nitrogens is 2. The maximum Gasteiger partial charge on any atom is 0.0809 e.